The first-order valence-electron chi connectivity index (χ1n) is 17.3. The van der Waals surface area contributed by atoms with Crippen molar-refractivity contribution in [1.29, 1.82) is 0 Å². The third kappa shape index (κ3) is 12.1. The Kier molecular flexibility index (Phi) is 17.5. The molecule has 0 spiro atoms. The Morgan fingerprint density at radius 2 is 1.37 bits per heavy atom. The smallest absolute Gasteiger partial charge is 0.325 e. The Morgan fingerprint density at radius 3 is 1.90 bits per heavy atom. The SMILES string of the molecule is CC[C@@H](C)c1ccccc1.CCc1ccccc1CNC(=O)N1C(=O)[C@@H](C)[C@@H]1SCc1ccccn1.C[C@@H]1C(=O)N[C@H]1SCc1ccccn1.Cl. The molecule has 0 unspecified atom stereocenters. The van der Waals surface area contributed by atoms with Gasteiger partial charge >= 0.3 is 6.03 Å². The van der Waals surface area contributed by atoms with Crippen molar-refractivity contribution < 1.29 is 14.4 Å². The van der Waals surface area contributed by atoms with Crippen molar-refractivity contribution in [3.8, 4) is 0 Å². The van der Waals surface area contributed by atoms with Gasteiger partial charge in [0.1, 0.15) is 0 Å². The maximum absolute atomic E-state index is 12.5. The van der Waals surface area contributed by atoms with Crippen LogP contribution in [-0.2, 0) is 34.1 Å². The van der Waals surface area contributed by atoms with Crippen LogP contribution in [-0.4, -0.2) is 43.5 Å². The monoisotopic (exact) mass is 747 g/mol. The highest BCUT2D eigenvalue weighted by molar-refractivity contribution is 7.99. The second-order valence-corrected chi connectivity index (χ2v) is 14.6. The van der Waals surface area contributed by atoms with Crippen molar-refractivity contribution in [2.75, 3.05) is 0 Å². The van der Waals surface area contributed by atoms with Crippen molar-refractivity contribution in [3.05, 3.63) is 131 Å². The van der Waals surface area contributed by atoms with E-state index in [0.717, 1.165) is 29.1 Å². The van der Waals surface area contributed by atoms with Gasteiger partial charge in [-0.05, 0) is 59.7 Å². The minimum atomic E-state index is -0.322. The highest BCUT2D eigenvalue weighted by Crippen LogP contribution is 2.36. The average molecular weight is 748 g/mol. The molecule has 2 saturated heterocycles. The zero-order valence-electron chi connectivity index (χ0n) is 30.0. The molecule has 272 valence electrons. The van der Waals surface area contributed by atoms with Gasteiger partial charge in [0.25, 0.3) is 0 Å². The number of nitrogens with zero attached hydrogens (tertiary/aromatic N) is 3. The number of benzene rings is 2. The Bertz CT molecular complexity index is 1650. The summed E-state index contributed by atoms with van der Waals surface area (Å²) in [5.74, 6) is 2.26. The molecule has 2 fully saturated rings. The number of halogens is 1. The minimum absolute atomic E-state index is 0. The molecular weight excluding hydrogens is 698 g/mol. The third-order valence-corrected chi connectivity index (χ3v) is 11.6. The van der Waals surface area contributed by atoms with Crippen molar-refractivity contribution in [1.82, 2.24) is 25.5 Å². The van der Waals surface area contributed by atoms with Gasteiger partial charge in [-0.3, -0.25) is 24.5 Å². The number of hydrogen-bond donors (Lipinski definition) is 2. The van der Waals surface area contributed by atoms with Gasteiger partial charge in [-0.15, -0.1) is 35.9 Å². The van der Waals surface area contributed by atoms with Crippen LogP contribution >= 0.6 is 35.9 Å². The van der Waals surface area contributed by atoms with Gasteiger partial charge in [0.05, 0.1) is 34.0 Å². The second kappa shape index (κ2) is 21.5. The van der Waals surface area contributed by atoms with Crippen molar-refractivity contribution >= 4 is 53.8 Å². The van der Waals surface area contributed by atoms with Crippen molar-refractivity contribution in [3.63, 3.8) is 0 Å². The molecule has 0 aliphatic carbocycles. The van der Waals surface area contributed by atoms with Crippen LogP contribution in [0.1, 0.15) is 75.0 Å². The number of nitrogens with one attached hydrogen (secondary N) is 2. The Hall–Kier alpha value is -3.86. The van der Waals surface area contributed by atoms with E-state index in [2.05, 4.69) is 77.8 Å². The number of carbonyl (C=O) groups is 3. The lowest BCUT2D eigenvalue weighted by Gasteiger charge is -2.43. The van der Waals surface area contributed by atoms with Crippen molar-refractivity contribution in [2.24, 2.45) is 11.8 Å². The van der Waals surface area contributed by atoms with E-state index in [-0.39, 0.29) is 52.8 Å². The molecule has 2 aromatic heterocycles. The fraction of sp³-hybridized carbons (Fsp3) is 0.375. The highest BCUT2D eigenvalue weighted by Gasteiger charge is 2.48. The summed E-state index contributed by atoms with van der Waals surface area (Å²) in [5.41, 5.74) is 5.75. The lowest BCUT2D eigenvalue weighted by atomic mass is 9.99. The summed E-state index contributed by atoms with van der Waals surface area (Å²) < 4.78 is 0. The van der Waals surface area contributed by atoms with E-state index in [4.69, 9.17) is 0 Å². The predicted molar refractivity (Wildman–Crippen MR) is 212 cm³/mol. The average Bonchev–Trinajstić information content (AvgIpc) is 3.17. The van der Waals surface area contributed by atoms with Crippen LogP contribution < -0.4 is 10.6 Å². The molecule has 4 heterocycles. The van der Waals surface area contributed by atoms with Crippen LogP contribution in [0.5, 0.6) is 0 Å². The summed E-state index contributed by atoms with van der Waals surface area (Å²) in [6, 6.07) is 30.0. The number of carbonyl (C=O) groups excluding carboxylic acids is 3. The van der Waals surface area contributed by atoms with Crippen LogP contribution in [0.15, 0.2) is 103 Å². The molecule has 6 rings (SSSR count). The Morgan fingerprint density at radius 1 is 0.804 bits per heavy atom. The topological polar surface area (TPSA) is 104 Å². The Balaban J connectivity index is 0.000000234. The van der Waals surface area contributed by atoms with Crippen LogP contribution in [0.2, 0.25) is 0 Å². The van der Waals surface area contributed by atoms with Crippen LogP contribution in [0.25, 0.3) is 0 Å². The molecule has 0 bridgehead atoms. The van der Waals surface area contributed by atoms with Crippen LogP contribution in [0.3, 0.4) is 0 Å². The number of β-lactam (4-membered cyclic amide) rings is 2. The normalized spacial score (nSPS) is 19.3. The summed E-state index contributed by atoms with van der Waals surface area (Å²) in [6.45, 7) is 10.8. The van der Waals surface area contributed by atoms with Gasteiger partial charge in [0.15, 0.2) is 0 Å². The number of rotatable bonds is 11. The molecule has 5 atom stereocenters. The quantitative estimate of drug-likeness (QED) is 0.148. The number of hydrogen-bond acceptors (Lipinski definition) is 7. The molecule has 11 heteroatoms. The first-order chi connectivity index (χ1) is 24.2. The molecule has 8 nitrogen and oxygen atoms in total. The van der Waals surface area contributed by atoms with Gasteiger partial charge < -0.3 is 10.6 Å². The lowest BCUT2D eigenvalue weighted by Crippen LogP contribution is -2.62. The maximum atomic E-state index is 12.5. The second-order valence-electron chi connectivity index (χ2n) is 12.4. The predicted octanol–water partition coefficient (Wildman–Crippen LogP) is 8.62. The number of pyridine rings is 2. The zero-order chi connectivity index (χ0) is 35.9. The maximum Gasteiger partial charge on any atom is 0.325 e. The molecule has 51 heavy (non-hydrogen) atoms. The standard InChI is InChI=1S/C20H23N3O2S.C10H12N2OS.C10H14.ClH/c1-3-15-8-4-5-9-16(15)12-22-20(25)23-18(24)14(2)19(23)26-13-17-10-6-7-11-21-17;1-7-9(13)12-10(7)14-6-8-4-2-3-5-11-8;1-3-9(2)10-7-5-4-6-8-10;/h4-11,14,19H,3,12-13H2,1-2H3,(H,22,25);2-5,7,10H,6H2,1H3,(H,12,13);4-9H,3H2,1-2H3;1H/t14-,19+;7-,10+;9-;/m111./s1. The van der Waals surface area contributed by atoms with E-state index in [1.54, 1.807) is 35.9 Å². The summed E-state index contributed by atoms with van der Waals surface area (Å²) in [6.07, 6.45) is 5.68. The van der Waals surface area contributed by atoms with Gasteiger partial charge in [-0.1, -0.05) is 101 Å². The van der Waals surface area contributed by atoms with Gasteiger partial charge in [0.2, 0.25) is 11.8 Å². The Labute approximate surface area is 317 Å². The first kappa shape index (κ1) is 41.6. The summed E-state index contributed by atoms with van der Waals surface area (Å²) in [4.78, 5) is 45.5. The number of imide groups is 1. The minimum Gasteiger partial charge on any atom is -0.343 e. The summed E-state index contributed by atoms with van der Waals surface area (Å²) in [7, 11) is 0. The zero-order valence-corrected chi connectivity index (χ0v) is 32.5. The van der Waals surface area contributed by atoms with Crippen LogP contribution in [0, 0.1) is 11.8 Å². The van der Waals surface area contributed by atoms with Gasteiger partial charge in [0, 0.05) is 30.4 Å². The number of thioether (sulfide) groups is 2. The van der Waals surface area contributed by atoms with Gasteiger partial charge in [-0.2, -0.15) is 0 Å². The van der Waals surface area contributed by atoms with E-state index in [1.807, 2.05) is 68.4 Å². The number of likely N-dealkylation sites (tertiary alicyclic amines) is 1. The van der Waals surface area contributed by atoms with E-state index in [0.29, 0.717) is 18.2 Å². The number of amides is 4. The summed E-state index contributed by atoms with van der Waals surface area (Å²) >= 11 is 3.31. The first-order valence-corrected chi connectivity index (χ1v) is 19.4. The molecule has 2 aliphatic rings. The van der Waals surface area contributed by atoms with Gasteiger partial charge in [-0.25, -0.2) is 4.79 Å². The molecular formula is C40H50ClN5O3S2. The highest BCUT2D eigenvalue weighted by atomic mass is 35.5. The fourth-order valence-corrected chi connectivity index (χ4v) is 7.73. The van der Waals surface area contributed by atoms with Crippen molar-refractivity contribution in [2.45, 2.75) is 82.2 Å². The molecule has 2 N–H and O–H groups in total. The summed E-state index contributed by atoms with van der Waals surface area (Å²) in [5, 5.41) is 5.87. The molecule has 2 aliphatic heterocycles. The lowest BCUT2D eigenvalue weighted by molar-refractivity contribution is -0.143. The largest absolute Gasteiger partial charge is 0.343 e. The molecule has 0 radical (unpaired) electrons. The molecule has 2 aromatic carbocycles. The van der Waals surface area contributed by atoms with E-state index >= 15 is 0 Å². The fourth-order valence-electron chi connectivity index (χ4n) is 5.33. The molecule has 4 aromatic rings. The third-order valence-electron chi connectivity index (χ3n) is 8.86. The van der Waals surface area contributed by atoms with E-state index < -0.39 is 0 Å². The number of urea groups is 1. The molecule has 0 saturated carbocycles. The van der Waals surface area contributed by atoms with E-state index in [1.165, 1.54) is 22.4 Å². The molecule has 4 amide bonds. The number of aryl methyl sites for hydroxylation is 1. The van der Waals surface area contributed by atoms with Crippen LogP contribution in [0.4, 0.5) is 4.79 Å². The van der Waals surface area contributed by atoms with E-state index in [9.17, 15) is 14.4 Å². The number of aromatic nitrogens is 2.